The highest BCUT2D eigenvalue weighted by Gasteiger charge is 2.28. The van der Waals surface area contributed by atoms with E-state index in [0.717, 1.165) is 0 Å². The molecule has 0 atom stereocenters. The van der Waals surface area contributed by atoms with Crippen LogP contribution in [0.4, 0.5) is 0 Å². The van der Waals surface area contributed by atoms with Crippen molar-refractivity contribution in [3.05, 3.63) is 62.5 Å². The molecular weight excluding hydrogens is 288 g/mol. The number of furan rings is 3. The van der Waals surface area contributed by atoms with Crippen LogP contribution in [0.5, 0.6) is 0 Å². The van der Waals surface area contributed by atoms with Crippen molar-refractivity contribution in [2.75, 3.05) is 0 Å². The zero-order chi connectivity index (χ0) is 15.0. The van der Waals surface area contributed by atoms with Gasteiger partial charge in [-0.2, -0.15) is 0 Å². The maximum absolute atomic E-state index is 11.7. The van der Waals surface area contributed by atoms with Gasteiger partial charge in [-0.3, -0.25) is 0 Å². The summed E-state index contributed by atoms with van der Waals surface area (Å²) in [6, 6.07) is 0. The lowest BCUT2D eigenvalue weighted by atomic mass is 10.0. The van der Waals surface area contributed by atoms with Gasteiger partial charge in [0.2, 0.25) is 0 Å². The van der Waals surface area contributed by atoms with Crippen molar-refractivity contribution in [2.45, 2.75) is 0 Å². The summed E-state index contributed by atoms with van der Waals surface area (Å²) in [6.45, 7) is 0. The summed E-state index contributed by atoms with van der Waals surface area (Å²) < 4.78 is 13.0. The molecule has 0 saturated heterocycles. The van der Waals surface area contributed by atoms with Gasteiger partial charge in [0.05, 0.1) is 32.3 Å². The Labute approximate surface area is 109 Å². The maximum Gasteiger partial charge on any atom is 0.347 e. The normalized spacial score (nSPS) is 12.0. The van der Waals surface area contributed by atoms with Gasteiger partial charge >= 0.3 is 33.8 Å². The zero-order valence-electron chi connectivity index (χ0n) is 9.67. The Bertz CT molecular complexity index is 1080. The third kappa shape index (κ3) is 1.11. The van der Waals surface area contributed by atoms with E-state index < -0.39 is 66.1 Å². The van der Waals surface area contributed by atoms with Gasteiger partial charge < -0.3 is 13.3 Å². The van der Waals surface area contributed by atoms with Gasteiger partial charge in [-0.25, -0.2) is 28.8 Å². The summed E-state index contributed by atoms with van der Waals surface area (Å²) >= 11 is 0. The van der Waals surface area contributed by atoms with Crippen molar-refractivity contribution >= 4 is 32.3 Å². The molecule has 4 aromatic rings. The number of hydrogen-bond donors (Lipinski definition) is 0. The van der Waals surface area contributed by atoms with E-state index >= 15 is 0 Å². The molecule has 102 valence electrons. The van der Waals surface area contributed by atoms with Gasteiger partial charge in [0.1, 0.15) is 0 Å². The molecule has 0 unspecified atom stereocenters. The van der Waals surface area contributed by atoms with E-state index in [1.165, 1.54) is 0 Å². The van der Waals surface area contributed by atoms with Gasteiger partial charge in [-0.15, -0.1) is 0 Å². The standard InChI is InChI=1S/C12O9/c13-7-1-2(8(14)19-7)4-6(12(18)21-11(4)17)5-3(1)9(15)20-10(5)16. The molecule has 0 saturated carbocycles. The SMILES string of the molecule is O=c1oc(=O)c2c1c1c(=O)oc(=O)c1c1c(=O)oc(=O)c21. The molecule has 9 nitrogen and oxygen atoms in total. The molecule has 21 heavy (non-hydrogen) atoms. The molecule has 0 aliphatic heterocycles. The van der Waals surface area contributed by atoms with E-state index in [1.807, 2.05) is 0 Å². The van der Waals surface area contributed by atoms with Gasteiger partial charge in [-0.1, -0.05) is 0 Å². The Balaban J connectivity index is 2.78. The van der Waals surface area contributed by atoms with E-state index in [9.17, 15) is 28.8 Å². The van der Waals surface area contributed by atoms with Crippen molar-refractivity contribution < 1.29 is 13.3 Å². The molecule has 0 bridgehead atoms. The smallest absolute Gasteiger partial charge is 0.347 e. The van der Waals surface area contributed by atoms with Gasteiger partial charge in [-0.05, 0) is 0 Å². The summed E-state index contributed by atoms with van der Waals surface area (Å²) in [6.07, 6.45) is 0. The number of hydrogen-bond acceptors (Lipinski definition) is 9. The summed E-state index contributed by atoms with van der Waals surface area (Å²) in [5.74, 6) is 0. The molecule has 0 radical (unpaired) electrons. The summed E-state index contributed by atoms with van der Waals surface area (Å²) in [5, 5.41) is -3.35. The maximum atomic E-state index is 11.7. The Morgan fingerprint density at radius 1 is 0.333 bits per heavy atom. The molecule has 0 amide bonds. The Morgan fingerprint density at radius 3 is 0.619 bits per heavy atom. The van der Waals surface area contributed by atoms with Crippen LogP contribution in [-0.4, -0.2) is 0 Å². The topological polar surface area (TPSA) is 142 Å². The fraction of sp³-hybridized carbons (Fsp3) is 0. The minimum Gasteiger partial charge on any atom is -0.386 e. The predicted octanol–water partition coefficient (Wildman–Crippen LogP) is -1.60. The average molecular weight is 288 g/mol. The van der Waals surface area contributed by atoms with Crippen LogP contribution in [0.2, 0.25) is 0 Å². The highest BCUT2D eigenvalue weighted by atomic mass is 16.4. The fourth-order valence-electron chi connectivity index (χ4n) is 2.53. The van der Waals surface area contributed by atoms with Gasteiger partial charge in [0.25, 0.3) is 0 Å². The lowest BCUT2D eigenvalue weighted by Crippen LogP contribution is -2.02. The third-order valence-electron chi connectivity index (χ3n) is 3.28. The Morgan fingerprint density at radius 2 is 0.476 bits per heavy atom. The van der Waals surface area contributed by atoms with Crippen molar-refractivity contribution in [2.24, 2.45) is 0 Å². The molecule has 0 N–H and O–H groups in total. The third-order valence-corrected chi connectivity index (χ3v) is 3.28. The molecule has 4 rings (SSSR count). The fourth-order valence-corrected chi connectivity index (χ4v) is 2.53. The van der Waals surface area contributed by atoms with Crippen LogP contribution in [0.15, 0.2) is 42.0 Å². The van der Waals surface area contributed by atoms with Gasteiger partial charge in [0.15, 0.2) is 0 Å². The minimum absolute atomic E-state index is 0.559. The zero-order valence-corrected chi connectivity index (χ0v) is 9.67. The van der Waals surface area contributed by atoms with Crippen LogP contribution in [0.3, 0.4) is 0 Å². The first-order valence-electron chi connectivity index (χ1n) is 5.45. The molecule has 3 heterocycles. The number of fused-ring (bicyclic) bond motifs is 6. The molecular formula is C12O9. The van der Waals surface area contributed by atoms with Crippen LogP contribution >= 0.6 is 0 Å². The van der Waals surface area contributed by atoms with Crippen LogP contribution in [0.1, 0.15) is 0 Å². The van der Waals surface area contributed by atoms with Gasteiger partial charge in [0, 0.05) is 0 Å². The molecule has 0 fully saturated rings. The second kappa shape index (κ2) is 3.20. The first-order valence-corrected chi connectivity index (χ1v) is 5.45. The van der Waals surface area contributed by atoms with E-state index in [4.69, 9.17) is 0 Å². The second-order valence-corrected chi connectivity index (χ2v) is 4.28. The number of rotatable bonds is 0. The first-order chi connectivity index (χ1) is 9.91. The van der Waals surface area contributed by atoms with Crippen molar-refractivity contribution in [1.29, 1.82) is 0 Å². The molecule has 3 aromatic heterocycles. The summed E-state index contributed by atoms with van der Waals surface area (Å²) in [5.41, 5.74) is -7.21. The highest BCUT2D eigenvalue weighted by Crippen LogP contribution is 2.25. The average Bonchev–Trinajstić information content (AvgIpc) is 2.96. The van der Waals surface area contributed by atoms with Crippen LogP contribution in [0, 0.1) is 0 Å². The summed E-state index contributed by atoms with van der Waals surface area (Å²) in [4.78, 5) is 70.1. The highest BCUT2D eigenvalue weighted by molar-refractivity contribution is 6.24. The number of benzene rings is 1. The van der Waals surface area contributed by atoms with E-state index in [-0.39, 0.29) is 0 Å². The van der Waals surface area contributed by atoms with E-state index in [2.05, 4.69) is 13.3 Å². The minimum atomic E-state index is -1.20. The van der Waals surface area contributed by atoms with Crippen molar-refractivity contribution in [3.8, 4) is 0 Å². The Kier molecular flexibility index (Phi) is 1.75. The molecule has 0 aliphatic carbocycles. The van der Waals surface area contributed by atoms with Crippen LogP contribution < -0.4 is 33.8 Å². The lowest BCUT2D eigenvalue weighted by molar-refractivity contribution is 0.497. The Hall–Kier alpha value is -3.36. The van der Waals surface area contributed by atoms with Crippen LogP contribution in [-0.2, 0) is 0 Å². The van der Waals surface area contributed by atoms with E-state index in [1.54, 1.807) is 0 Å². The predicted molar refractivity (Wildman–Crippen MR) is 66.9 cm³/mol. The quantitative estimate of drug-likeness (QED) is 0.373. The van der Waals surface area contributed by atoms with Crippen molar-refractivity contribution in [1.82, 2.24) is 0 Å². The largest absolute Gasteiger partial charge is 0.386 e. The molecule has 0 spiro atoms. The molecule has 0 aliphatic rings. The van der Waals surface area contributed by atoms with E-state index in [0.29, 0.717) is 0 Å². The first kappa shape index (κ1) is 11.5. The van der Waals surface area contributed by atoms with Crippen LogP contribution in [0.25, 0.3) is 32.3 Å². The molecule has 1 aromatic carbocycles. The lowest BCUT2D eigenvalue weighted by Gasteiger charge is -1.89. The van der Waals surface area contributed by atoms with Crippen molar-refractivity contribution in [3.63, 3.8) is 0 Å². The molecule has 9 heteroatoms. The monoisotopic (exact) mass is 288 g/mol. The second-order valence-electron chi connectivity index (χ2n) is 4.28. The summed E-state index contributed by atoms with van der Waals surface area (Å²) in [7, 11) is 0.